The number of benzene rings is 1. The molecule has 1 amide bonds. The molecule has 0 saturated carbocycles. The molecule has 0 spiro atoms. The number of rotatable bonds is 6. The highest BCUT2D eigenvalue weighted by Crippen LogP contribution is 2.13. The minimum absolute atomic E-state index is 0.0103. The molecule has 1 aromatic carbocycles. The fourth-order valence-electron chi connectivity index (χ4n) is 2.42. The van der Waals surface area contributed by atoms with Gasteiger partial charge in [0.15, 0.2) is 0 Å². The van der Waals surface area contributed by atoms with Gasteiger partial charge in [-0.3, -0.25) is 4.79 Å². The van der Waals surface area contributed by atoms with E-state index >= 15 is 0 Å². The quantitative estimate of drug-likeness (QED) is 0.827. The lowest BCUT2D eigenvalue weighted by Gasteiger charge is -2.22. The molecular weight excluding hydrogens is 298 g/mol. The van der Waals surface area contributed by atoms with Crippen LogP contribution in [0.15, 0.2) is 18.2 Å². The molecule has 1 aliphatic rings. The Morgan fingerprint density at radius 1 is 1.48 bits per heavy atom. The summed E-state index contributed by atoms with van der Waals surface area (Å²) in [6.07, 6.45) is -0.0775. The molecule has 23 heavy (non-hydrogen) atoms. The third-order valence-electron chi connectivity index (χ3n) is 3.57. The zero-order valence-electron chi connectivity index (χ0n) is 13.1. The van der Waals surface area contributed by atoms with E-state index in [0.717, 1.165) is 11.0 Å². The maximum absolute atomic E-state index is 11.7. The van der Waals surface area contributed by atoms with E-state index in [1.54, 1.807) is 0 Å². The van der Waals surface area contributed by atoms with Crippen LogP contribution in [0.5, 0.6) is 0 Å². The van der Waals surface area contributed by atoms with Crippen molar-refractivity contribution in [3.05, 3.63) is 29.6 Å². The van der Waals surface area contributed by atoms with Crippen LogP contribution in [0.4, 0.5) is 0 Å². The third-order valence-corrected chi connectivity index (χ3v) is 3.57. The molecule has 7 heteroatoms. The van der Waals surface area contributed by atoms with Crippen molar-refractivity contribution >= 4 is 16.9 Å². The van der Waals surface area contributed by atoms with Crippen molar-refractivity contribution in [2.45, 2.75) is 19.6 Å². The van der Waals surface area contributed by atoms with Gasteiger partial charge in [0.1, 0.15) is 19.0 Å². The van der Waals surface area contributed by atoms with E-state index in [9.17, 15) is 4.79 Å². The minimum atomic E-state index is -0.175. The number of carbonyl (C=O) groups excluding carboxylic acids is 1. The molecule has 0 unspecified atom stereocenters. The van der Waals surface area contributed by atoms with Crippen molar-refractivity contribution in [1.29, 1.82) is 0 Å². The second-order valence-corrected chi connectivity index (χ2v) is 5.57. The molecule has 2 N–H and O–H groups in total. The van der Waals surface area contributed by atoms with Gasteiger partial charge >= 0.3 is 0 Å². The number of hydrogen-bond acceptors (Lipinski definition) is 5. The van der Waals surface area contributed by atoms with Crippen LogP contribution in [0.1, 0.15) is 11.4 Å². The summed E-state index contributed by atoms with van der Waals surface area (Å²) in [7, 11) is 0. The van der Waals surface area contributed by atoms with Crippen LogP contribution in [-0.2, 0) is 25.6 Å². The maximum Gasteiger partial charge on any atom is 0.246 e. The largest absolute Gasteiger partial charge is 0.376 e. The number of fused-ring (bicyclic) bond motifs is 1. The lowest BCUT2D eigenvalue weighted by molar-refractivity contribution is -0.128. The van der Waals surface area contributed by atoms with Gasteiger partial charge in [0.05, 0.1) is 37.0 Å². The van der Waals surface area contributed by atoms with E-state index in [1.165, 1.54) is 5.56 Å². The van der Waals surface area contributed by atoms with Gasteiger partial charge < -0.3 is 24.5 Å². The molecule has 0 aliphatic carbocycles. The van der Waals surface area contributed by atoms with Crippen molar-refractivity contribution in [3.63, 3.8) is 0 Å². The van der Waals surface area contributed by atoms with Crippen LogP contribution in [0.3, 0.4) is 0 Å². The number of carbonyl (C=O) groups is 1. The summed E-state index contributed by atoms with van der Waals surface area (Å²) in [5.41, 5.74) is 3.04. The number of hydrogen-bond donors (Lipinski definition) is 2. The van der Waals surface area contributed by atoms with Crippen molar-refractivity contribution in [3.8, 4) is 0 Å². The predicted molar refractivity (Wildman–Crippen MR) is 84.1 cm³/mol. The van der Waals surface area contributed by atoms with Crippen LogP contribution in [0, 0.1) is 6.92 Å². The fraction of sp³-hybridized carbons (Fsp3) is 0.500. The molecule has 0 radical (unpaired) electrons. The highest BCUT2D eigenvalue weighted by atomic mass is 16.6. The minimum Gasteiger partial charge on any atom is -0.376 e. The molecule has 2 heterocycles. The SMILES string of the molecule is Cc1ccc2nc(COCC(=O)NC[C@@H]3COCCO3)[nH]c2c1. The molecule has 1 aromatic heterocycles. The summed E-state index contributed by atoms with van der Waals surface area (Å²) >= 11 is 0. The normalized spacial score (nSPS) is 18.2. The molecule has 0 bridgehead atoms. The monoisotopic (exact) mass is 319 g/mol. The van der Waals surface area contributed by atoms with E-state index in [4.69, 9.17) is 14.2 Å². The first kappa shape index (κ1) is 15.9. The Bertz CT molecular complexity index is 664. The average molecular weight is 319 g/mol. The van der Waals surface area contributed by atoms with E-state index in [-0.39, 0.29) is 25.2 Å². The van der Waals surface area contributed by atoms with Crippen LogP contribution in [-0.4, -0.2) is 55.0 Å². The standard InChI is InChI=1S/C16H21N3O4/c1-11-2-3-13-14(6-11)19-15(18-13)9-22-10-16(20)17-7-12-8-21-4-5-23-12/h2-3,6,12H,4-5,7-10H2,1H3,(H,17,20)(H,18,19)/t12-/m1/s1. The van der Waals surface area contributed by atoms with Crippen LogP contribution in [0.2, 0.25) is 0 Å². The topological polar surface area (TPSA) is 85.5 Å². The maximum atomic E-state index is 11.7. The van der Waals surface area contributed by atoms with E-state index in [1.807, 2.05) is 25.1 Å². The smallest absolute Gasteiger partial charge is 0.246 e. The average Bonchev–Trinajstić information content (AvgIpc) is 2.95. The van der Waals surface area contributed by atoms with E-state index < -0.39 is 0 Å². The summed E-state index contributed by atoms with van der Waals surface area (Å²) < 4.78 is 16.1. The number of nitrogens with zero attached hydrogens (tertiary/aromatic N) is 1. The van der Waals surface area contributed by atoms with Gasteiger partial charge in [0.2, 0.25) is 5.91 Å². The first-order valence-electron chi connectivity index (χ1n) is 7.70. The first-order valence-corrected chi connectivity index (χ1v) is 7.70. The fourth-order valence-corrected chi connectivity index (χ4v) is 2.42. The Labute approximate surface area is 134 Å². The molecular formula is C16H21N3O4. The Kier molecular flexibility index (Phi) is 5.22. The number of aromatic amines is 1. The number of ether oxygens (including phenoxy) is 3. The number of aromatic nitrogens is 2. The van der Waals surface area contributed by atoms with Gasteiger partial charge in [-0.25, -0.2) is 4.98 Å². The van der Waals surface area contributed by atoms with Gasteiger partial charge in [0, 0.05) is 6.54 Å². The first-order chi connectivity index (χ1) is 11.2. The highest BCUT2D eigenvalue weighted by Gasteiger charge is 2.15. The van der Waals surface area contributed by atoms with Crippen LogP contribution in [0.25, 0.3) is 11.0 Å². The Hall–Kier alpha value is -1.96. The predicted octanol–water partition coefficient (Wildman–Crippen LogP) is 0.920. The van der Waals surface area contributed by atoms with Crippen LogP contribution < -0.4 is 5.32 Å². The number of H-pyrrole nitrogens is 1. The summed E-state index contributed by atoms with van der Waals surface area (Å²) in [4.78, 5) is 19.3. The molecule has 1 saturated heterocycles. The lowest BCUT2D eigenvalue weighted by atomic mass is 10.2. The number of amides is 1. The molecule has 1 atom stereocenters. The number of imidazole rings is 1. The molecule has 3 rings (SSSR count). The highest BCUT2D eigenvalue weighted by molar-refractivity contribution is 5.77. The number of nitrogens with one attached hydrogen (secondary N) is 2. The van der Waals surface area contributed by atoms with Gasteiger partial charge in [-0.1, -0.05) is 6.07 Å². The van der Waals surface area contributed by atoms with Gasteiger partial charge in [-0.15, -0.1) is 0 Å². The summed E-state index contributed by atoms with van der Waals surface area (Å²) in [5.74, 6) is 0.536. The van der Waals surface area contributed by atoms with Gasteiger partial charge in [0.25, 0.3) is 0 Å². The van der Waals surface area contributed by atoms with E-state index in [2.05, 4.69) is 15.3 Å². The summed E-state index contributed by atoms with van der Waals surface area (Å²) in [5, 5.41) is 2.77. The third kappa shape index (κ3) is 4.51. The summed E-state index contributed by atoms with van der Waals surface area (Å²) in [6, 6.07) is 6.01. The van der Waals surface area contributed by atoms with Crippen molar-refractivity contribution in [2.75, 3.05) is 33.0 Å². The second-order valence-electron chi connectivity index (χ2n) is 5.57. The second kappa shape index (κ2) is 7.54. The molecule has 1 aliphatic heterocycles. The number of aryl methyl sites for hydroxylation is 1. The van der Waals surface area contributed by atoms with Crippen molar-refractivity contribution in [2.24, 2.45) is 0 Å². The molecule has 2 aromatic rings. The zero-order chi connectivity index (χ0) is 16.1. The van der Waals surface area contributed by atoms with Crippen molar-refractivity contribution < 1.29 is 19.0 Å². The Balaban J connectivity index is 1.40. The van der Waals surface area contributed by atoms with Crippen LogP contribution >= 0.6 is 0 Å². The molecule has 1 fully saturated rings. The summed E-state index contributed by atoms with van der Waals surface area (Å²) in [6.45, 7) is 4.43. The van der Waals surface area contributed by atoms with Gasteiger partial charge in [-0.05, 0) is 24.6 Å². The van der Waals surface area contributed by atoms with Gasteiger partial charge in [-0.2, -0.15) is 0 Å². The molecule has 124 valence electrons. The van der Waals surface area contributed by atoms with E-state index in [0.29, 0.717) is 32.2 Å². The van der Waals surface area contributed by atoms with Crippen molar-refractivity contribution in [1.82, 2.24) is 15.3 Å². The zero-order valence-corrected chi connectivity index (χ0v) is 13.1. The Morgan fingerprint density at radius 2 is 2.39 bits per heavy atom. The Morgan fingerprint density at radius 3 is 3.22 bits per heavy atom. The molecule has 7 nitrogen and oxygen atoms in total. The lowest BCUT2D eigenvalue weighted by Crippen LogP contribution is -2.40.